The van der Waals surface area contributed by atoms with Crippen molar-refractivity contribution in [1.82, 2.24) is 5.32 Å². The number of rotatable bonds is 7. The summed E-state index contributed by atoms with van der Waals surface area (Å²) in [5.74, 6) is 0.176. The van der Waals surface area contributed by atoms with Gasteiger partial charge in [-0.3, -0.25) is 0 Å². The van der Waals surface area contributed by atoms with Crippen LogP contribution >= 0.6 is 11.6 Å². The van der Waals surface area contributed by atoms with Crippen molar-refractivity contribution in [2.24, 2.45) is 0 Å². The molecule has 0 amide bonds. The van der Waals surface area contributed by atoms with Crippen LogP contribution in [-0.4, -0.2) is 13.2 Å². The van der Waals surface area contributed by atoms with Gasteiger partial charge in [0.25, 0.3) is 0 Å². The first-order chi connectivity index (χ1) is 10.1. The summed E-state index contributed by atoms with van der Waals surface area (Å²) in [7, 11) is 0. The molecule has 0 spiro atoms. The van der Waals surface area contributed by atoms with Gasteiger partial charge >= 0.3 is 6.61 Å². The molecule has 1 N–H and O–H groups in total. The second-order valence-corrected chi connectivity index (χ2v) is 5.01. The molecule has 0 aromatic heterocycles. The summed E-state index contributed by atoms with van der Waals surface area (Å²) in [4.78, 5) is 0. The Hall–Kier alpha value is -1.65. The van der Waals surface area contributed by atoms with Crippen molar-refractivity contribution in [3.63, 3.8) is 0 Å². The maximum atomic E-state index is 12.0. The van der Waals surface area contributed by atoms with E-state index in [-0.39, 0.29) is 5.75 Å². The Morgan fingerprint density at radius 3 is 2.19 bits per heavy atom. The fraction of sp³-hybridized carbons (Fsp3) is 0.250. The molecule has 0 atom stereocenters. The summed E-state index contributed by atoms with van der Waals surface area (Å²) in [5, 5.41) is 4.04. The van der Waals surface area contributed by atoms with Crippen molar-refractivity contribution >= 4 is 11.6 Å². The van der Waals surface area contributed by atoms with Crippen molar-refractivity contribution in [2.45, 2.75) is 19.6 Å². The molecule has 0 saturated carbocycles. The molecular formula is C16H16ClF2NO. The minimum atomic E-state index is -2.78. The minimum Gasteiger partial charge on any atom is -0.435 e. The zero-order valence-corrected chi connectivity index (χ0v) is 12.1. The first-order valence-corrected chi connectivity index (χ1v) is 7.00. The third kappa shape index (κ3) is 5.69. The van der Waals surface area contributed by atoms with Crippen LogP contribution in [0.4, 0.5) is 8.78 Å². The van der Waals surface area contributed by atoms with Gasteiger partial charge in [0.1, 0.15) is 5.75 Å². The zero-order chi connectivity index (χ0) is 15.1. The van der Waals surface area contributed by atoms with Crippen LogP contribution in [0.15, 0.2) is 48.5 Å². The monoisotopic (exact) mass is 311 g/mol. The van der Waals surface area contributed by atoms with Gasteiger partial charge in [-0.15, -0.1) is 0 Å². The molecule has 2 aromatic rings. The van der Waals surface area contributed by atoms with E-state index in [2.05, 4.69) is 10.1 Å². The Balaban J connectivity index is 1.72. The van der Waals surface area contributed by atoms with Crippen LogP contribution in [0.1, 0.15) is 11.1 Å². The predicted octanol–water partition coefficient (Wildman–Crippen LogP) is 4.27. The molecule has 0 saturated heterocycles. The SMILES string of the molecule is FC(F)Oc1ccc(CNCCc2ccc(Cl)cc2)cc1. The lowest BCUT2D eigenvalue weighted by Gasteiger charge is -2.07. The third-order valence-corrected chi connectivity index (χ3v) is 3.23. The number of halogens is 3. The van der Waals surface area contributed by atoms with Gasteiger partial charge in [-0.25, -0.2) is 0 Å². The normalized spacial score (nSPS) is 10.9. The number of benzene rings is 2. The largest absolute Gasteiger partial charge is 0.435 e. The van der Waals surface area contributed by atoms with E-state index in [0.717, 1.165) is 23.6 Å². The van der Waals surface area contributed by atoms with Gasteiger partial charge in [0.2, 0.25) is 0 Å². The topological polar surface area (TPSA) is 21.3 Å². The first kappa shape index (κ1) is 15.7. The van der Waals surface area contributed by atoms with Crippen LogP contribution in [0.3, 0.4) is 0 Å². The van der Waals surface area contributed by atoms with Crippen LogP contribution in [-0.2, 0) is 13.0 Å². The van der Waals surface area contributed by atoms with Gasteiger partial charge in [0.15, 0.2) is 0 Å². The highest BCUT2D eigenvalue weighted by atomic mass is 35.5. The van der Waals surface area contributed by atoms with Gasteiger partial charge in [0.05, 0.1) is 0 Å². The number of alkyl halides is 2. The Bertz CT molecular complexity index is 543. The van der Waals surface area contributed by atoms with Gasteiger partial charge in [-0.1, -0.05) is 35.9 Å². The number of hydrogen-bond donors (Lipinski definition) is 1. The lowest BCUT2D eigenvalue weighted by molar-refractivity contribution is -0.0498. The Morgan fingerprint density at radius 1 is 0.952 bits per heavy atom. The molecule has 0 fully saturated rings. The average molecular weight is 312 g/mol. The molecule has 0 bridgehead atoms. The van der Waals surface area contributed by atoms with Gasteiger partial charge < -0.3 is 10.1 Å². The Labute approximate surface area is 127 Å². The molecule has 0 aliphatic rings. The van der Waals surface area contributed by atoms with Crippen molar-refractivity contribution in [3.05, 3.63) is 64.7 Å². The van der Waals surface area contributed by atoms with E-state index in [9.17, 15) is 8.78 Å². The Morgan fingerprint density at radius 2 is 1.57 bits per heavy atom. The smallest absolute Gasteiger partial charge is 0.387 e. The van der Waals surface area contributed by atoms with E-state index in [1.54, 1.807) is 24.3 Å². The highest BCUT2D eigenvalue weighted by Gasteiger charge is 2.03. The molecule has 0 unspecified atom stereocenters. The van der Waals surface area contributed by atoms with Gasteiger partial charge in [-0.05, 0) is 48.4 Å². The second-order valence-electron chi connectivity index (χ2n) is 4.58. The molecule has 2 rings (SSSR count). The van der Waals surface area contributed by atoms with Gasteiger partial charge in [0, 0.05) is 11.6 Å². The number of nitrogens with one attached hydrogen (secondary N) is 1. The van der Waals surface area contributed by atoms with Gasteiger partial charge in [-0.2, -0.15) is 8.78 Å². The Kier molecular flexibility index (Phi) is 5.96. The summed E-state index contributed by atoms with van der Waals surface area (Å²) in [6.45, 7) is -1.27. The molecule has 2 nitrogen and oxygen atoms in total. The third-order valence-electron chi connectivity index (χ3n) is 2.98. The maximum absolute atomic E-state index is 12.0. The quantitative estimate of drug-likeness (QED) is 0.771. The molecule has 2 aromatic carbocycles. The van der Waals surface area contributed by atoms with Crippen molar-refractivity contribution in [2.75, 3.05) is 6.54 Å². The fourth-order valence-corrected chi connectivity index (χ4v) is 2.03. The second kappa shape index (κ2) is 7.96. The molecule has 0 aliphatic carbocycles. The molecule has 112 valence electrons. The zero-order valence-electron chi connectivity index (χ0n) is 11.4. The van der Waals surface area contributed by atoms with Crippen molar-refractivity contribution in [3.8, 4) is 5.75 Å². The van der Waals surface area contributed by atoms with E-state index in [0.29, 0.717) is 6.54 Å². The molecular weight excluding hydrogens is 296 g/mol. The molecule has 0 heterocycles. The van der Waals surface area contributed by atoms with E-state index in [1.807, 2.05) is 24.3 Å². The lowest BCUT2D eigenvalue weighted by Crippen LogP contribution is -2.16. The van der Waals surface area contributed by atoms with Crippen LogP contribution in [0.5, 0.6) is 5.75 Å². The molecule has 5 heteroatoms. The van der Waals surface area contributed by atoms with E-state index >= 15 is 0 Å². The van der Waals surface area contributed by atoms with E-state index < -0.39 is 6.61 Å². The molecule has 0 aliphatic heterocycles. The minimum absolute atomic E-state index is 0.176. The summed E-state index contributed by atoms with van der Waals surface area (Å²) in [6, 6.07) is 14.4. The van der Waals surface area contributed by atoms with E-state index in [4.69, 9.17) is 11.6 Å². The van der Waals surface area contributed by atoms with Crippen molar-refractivity contribution < 1.29 is 13.5 Å². The standard InChI is InChI=1S/C16H16ClF2NO/c17-14-5-1-12(2-6-14)9-10-20-11-13-3-7-15(8-4-13)21-16(18)19/h1-8,16,20H,9-11H2. The summed E-state index contributed by atoms with van der Waals surface area (Å²) >= 11 is 5.82. The highest BCUT2D eigenvalue weighted by Crippen LogP contribution is 2.14. The summed E-state index contributed by atoms with van der Waals surface area (Å²) in [5.41, 5.74) is 2.24. The first-order valence-electron chi connectivity index (χ1n) is 6.62. The average Bonchev–Trinajstić information content (AvgIpc) is 2.46. The molecule has 21 heavy (non-hydrogen) atoms. The number of ether oxygens (including phenoxy) is 1. The van der Waals surface area contributed by atoms with Crippen LogP contribution in [0, 0.1) is 0 Å². The van der Waals surface area contributed by atoms with Crippen LogP contribution in [0.2, 0.25) is 5.02 Å². The predicted molar refractivity (Wildman–Crippen MR) is 79.9 cm³/mol. The fourth-order valence-electron chi connectivity index (χ4n) is 1.91. The molecule has 0 radical (unpaired) electrons. The van der Waals surface area contributed by atoms with Crippen molar-refractivity contribution in [1.29, 1.82) is 0 Å². The highest BCUT2D eigenvalue weighted by molar-refractivity contribution is 6.30. The summed E-state index contributed by atoms with van der Waals surface area (Å²) < 4.78 is 28.3. The summed E-state index contributed by atoms with van der Waals surface area (Å²) in [6.07, 6.45) is 0.906. The van der Waals surface area contributed by atoms with Crippen LogP contribution < -0.4 is 10.1 Å². The van der Waals surface area contributed by atoms with E-state index in [1.165, 1.54) is 5.56 Å². The maximum Gasteiger partial charge on any atom is 0.387 e. The van der Waals surface area contributed by atoms with Crippen LogP contribution in [0.25, 0.3) is 0 Å². The lowest BCUT2D eigenvalue weighted by atomic mass is 10.1. The number of hydrogen-bond acceptors (Lipinski definition) is 2.